The fourth-order valence-corrected chi connectivity index (χ4v) is 3.19. The zero-order valence-corrected chi connectivity index (χ0v) is 17.2. The van der Waals surface area contributed by atoms with Gasteiger partial charge in [-0.15, -0.1) is 0 Å². The summed E-state index contributed by atoms with van der Waals surface area (Å²) in [6, 6.07) is 7.49. The summed E-state index contributed by atoms with van der Waals surface area (Å²) in [6.45, 7) is -0.137. The Kier molecular flexibility index (Phi) is 5.64. The van der Waals surface area contributed by atoms with Crippen molar-refractivity contribution in [2.24, 2.45) is 14.1 Å². The van der Waals surface area contributed by atoms with Gasteiger partial charge in [-0.3, -0.25) is 9.36 Å². The minimum Gasteiger partial charge on any atom is -0.394 e. The summed E-state index contributed by atoms with van der Waals surface area (Å²) in [7, 11) is 3.70. The van der Waals surface area contributed by atoms with E-state index in [1.165, 1.54) is 6.20 Å². The van der Waals surface area contributed by atoms with Gasteiger partial charge >= 0.3 is 0 Å². The molecule has 0 saturated heterocycles. The van der Waals surface area contributed by atoms with E-state index in [9.17, 15) is 5.11 Å². The van der Waals surface area contributed by atoms with Gasteiger partial charge in [-0.05, 0) is 17.2 Å². The van der Waals surface area contributed by atoms with Crippen LogP contribution in [0.2, 0.25) is 5.02 Å². The third-order valence-electron chi connectivity index (χ3n) is 4.53. The van der Waals surface area contributed by atoms with Crippen molar-refractivity contribution in [3.63, 3.8) is 0 Å². The molecule has 4 rings (SSSR count). The number of aliphatic hydroxyl groups excluding tert-OH is 1. The Morgan fingerprint density at radius 3 is 2.57 bits per heavy atom. The van der Waals surface area contributed by atoms with Crippen LogP contribution in [0.1, 0.15) is 11.6 Å². The van der Waals surface area contributed by atoms with Gasteiger partial charge in [0, 0.05) is 32.1 Å². The molecule has 1 atom stereocenters. The second-order valence-electron chi connectivity index (χ2n) is 6.83. The van der Waals surface area contributed by atoms with Gasteiger partial charge in [-0.2, -0.15) is 15.2 Å². The number of nitrogens with zero attached hydrogens (tertiary/aromatic N) is 6. The first kappa shape index (κ1) is 19.9. The minimum atomic E-state index is -0.403. The predicted octanol–water partition coefficient (Wildman–Crippen LogP) is 3.15. The summed E-state index contributed by atoms with van der Waals surface area (Å²) < 4.78 is 3.43. The van der Waals surface area contributed by atoms with Crippen molar-refractivity contribution >= 4 is 29.1 Å². The van der Waals surface area contributed by atoms with E-state index in [0.29, 0.717) is 16.8 Å². The van der Waals surface area contributed by atoms with Gasteiger partial charge in [0.2, 0.25) is 5.95 Å². The molecule has 0 bridgehead atoms. The average molecular weight is 425 g/mol. The van der Waals surface area contributed by atoms with Gasteiger partial charge in [0.05, 0.1) is 36.9 Å². The second kappa shape index (κ2) is 8.52. The molecule has 4 aromatic rings. The van der Waals surface area contributed by atoms with Crippen LogP contribution in [0.3, 0.4) is 0 Å². The maximum Gasteiger partial charge on any atom is 0.229 e. The zero-order valence-electron chi connectivity index (χ0n) is 16.5. The van der Waals surface area contributed by atoms with Crippen molar-refractivity contribution in [2.45, 2.75) is 6.04 Å². The van der Waals surface area contributed by atoms with Crippen LogP contribution in [0.4, 0.5) is 17.5 Å². The smallest absolute Gasteiger partial charge is 0.229 e. The van der Waals surface area contributed by atoms with E-state index in [0.717, 1.165) is 22.4 Å². The molecule has 3 heterocycles. The highest BCUT2D eigenvalue weighted by Gasteiger charge is 2.15. The van der Waals surface area contributed by atoms with Crippen molar-refractivity contribution in [3.8, 4) is 11.1 Å². The molecule has 0 spiro atoms. The molecule has 1 aromatic carbocycles. The minimum absolute atomic E-state index is 0.137. The van der Waals surface area contributed by atoms with Crippen LogP contribution in [-0.4, -0.2) is 41.2 Å². The summed E-state index contributed by atoms with van der Waals surface area (Å²) in [5, 5.41) is 25.0. The van der Waals surface area contributed by atoms with E-state index in [-0.39, 0.29) is 6.61 Å². The van der Waals surface area contributed by atoms with Crippen molar-refractivity contribution in [2.75, 3.05) is 17.2 Å². The van der Waals surface area contributed by atoms with E-state index in [2.05, 4.69) is 30.8 Å². The molecule has 0 aliphatic rings. The molecule has 10 heteroatoms. The topological polar surface area (TPSA) is 106 Å². The SMILES string of the molecule is Cn1cc(Nc2ncc(Cl)c(NC(CO)c3cccc(-c4cnn(C)c4)c3)n2)cn1. The maximum absolute atomic E-state index is 10.0. The summed E-state index contributed by atoms with van der Waals surface area (Å²) in [5.41, 5.74) is 3.66. The largest absolute Gasteiger partial charge is 0.394 e. The first-order valence-corrected chi connectivity index (χ1v) is 9.64. The third kappa shape index (κ3) is 4.42. The molecule has 0 saturated carbocycles. The van der Waals surface area contributed by atoms with E-state index in [4.69, 9.17) is 11.6 Å². The Labute approximate surface area is 178 Å². The number of anilines is 3. The lowest BCUT2D eigenvalue weighted by Crippen LogP contribution is -2.16. The second-order valence-corrected chi connectivity index (χ2v) is 7.23. The molecule has 9 nitrogen and oxygen atoms in total. The third-order valence-corrected chi connectivity index (χ3v) is 4.80. The Bertz CT molecular complexity index is 1160. The Hall–Kier alpha value is -3.43. The number of aromatic nitrogens is 6. The van der Waals surface area contributed by atoms with E-state index >= 15 is 0 Å². The highest BCUT2D eigenvalue weighted by atomic mass is 35.5. The molecule has 30 heavy (non-hydrogen) atoms. The molecule has 0 fully saturated rings. The summed E-state index contributed by atoms with van der Waals surface area (Å²) >= 11 is 6.30. The Balaban J connectivity index is 1.57. The predicted molar refractivity (Wildman–Crippen MR) is 116 cm³/mol. The lowest BCUT2D eigenvalue weighted by Gasteiger charge is -2.19. The molecule has 0 aliphatic heterocycles. The van der Waals surface area contributed by atoms with Crippen molar-refractivity contribution < 1.29 is 5.11 Å². The van der Waals surface area contributed by atoms with Crippen LogP contribution in [0.25, 0.3) is 11.1 Å². The number of aryl methyl sites for hydroxylation is 2. The number of nitrogens with one attached hydrogen (secondary N) is 2. The van der Waals surface area contributed by atoms with Crippen LogP contribution in [0.15, 0.2) is 55.2 Å². The van der Waals surface area contributed by atoms with Gasteiger partial charge in [0.15, 0.2) is 5.82 Å². The van der Waals surface area contributed by atoms with Gasteiger partial charge in [-0.1, -0.05) is 29.8 Å². The van der Waals surface area contributed by atoms with E-state index in [1.54, 1.807) is 21.8 Å². The van der Waals surface area contributed by atoms with Crippen molar-refractivity contribution in [3.05, 3.63) is 65.8 Å². The summed E-state index contributed by atoms with van der Waals surface area (Å²) in [4.78, 5) is 8.65. The first-order valence-electron chi connectivity index (χ1n) is 9.26. The first-order chi connectivity index (χ1) is 14.5. The van der Waals surface area contributed by atoms with E-state index in [1.807, 2.05) is 50.8 Å². The number of hydrogen-bond donors (Lipinski definition) is 3. The average Bonchev–Trinajstić information content (AvgIpc) is 3.36. The highest BCUT2D eigenvalue weighted by Crippen LogP contribution is 2.28. The molecule has 1 unspecified atom stereocenters. The molecule has 0 radical (unpaired) electrons. The Morgan fingerprint density at radius 2 is 1.87 bits per heavy atom. The zero-order chi connectivity index (χ0) is 21.1. The lowest BCUT2D eigenvalue weighted by molar-refractivity contribution is 0.276. The fraction of sp³-hybridized carbons (Fsp3) is 0.200. The van der Waals surface area contributed by atoms with Crippen LogP contribution in [0, 0.1) is 0 Å². The van der Waals surface area contributed by atoms with Crippen LogP contribution in [0.5, 0.6) is 0 Å². The van der Waals surface area contributed by atoms with Crippen molar-refractivity contribution in [1.82, 2.24) is 29.5 Å². The molecular weight excluding hydrogens is 404 g/mol. The normalized spacial score (nSPS) is 12.0. The fourth-order valence-electron chi connectivity index (χ4n) is 3.05. The van der Waals surface area contributed by atoms with Crippen LogP contribution < -0.4 is 10.6 Å². The summed E-state index contributed by atoms with van der Waals surface area (Å²) in [5.74, 6) is 0.791. The maximum atomic E-state index is 10.0. The van der Waals surface area contributed by atoms with Crippen molar-refractivity contribution in [1.29, 1.82) is 0 Å². The molecule has 3 N–H and O–H groups in total. The summed E-state index contributed by atoms with van der Waals surface area (Å²) in [6.07, 6.45) is 8.74. The molecule has 3 aromatic heterocycles. The molecule has 0 amide bonds. The number of hydrogen-bond acceptors (Lipinski definition) is 7. The van der Waals surface area contributed by atoms with Gasteiger partial charge in [0.1, 0.15) is 5.02 Å². The highest BCUT2D eigenvalue weighted by molar-refractivity contribution is 6.32. The van der Waals surface area contributed by atoms with Gasteiger partial charge in [0.25, 0.3) is 0 Å². The monoisotopic (exact) mass is 424 g/mol. The number of halogens is 1. The molecule has 154 valence electrons. The quantitative estimate of drug-likeness (QED) is 0.418. The Morgan fingerprint density at radius 1 is 1.07 bits per heavy atom. The number of rotatable bonds is 7. The molecule has 0 aliphatic carbocycles. The van der Waals surface area contributed by atoms with Crippen LogP contribution >= 0.6 is 11.6 Å². The van der Waals surface area contributed by atoms with Crippen LogP contribution in [-0.2, 0) is 14.1 Å². The number of benzene rings is 1. The standard InChI is InChI=1S/C20H21ClN8O/c1-28-10-15(7-23-28)13-4-3-5-14(6-13)18(12-30)26-19-17(21)9-22-20(27-19)25-16-8-24-29(2)11-16/h3-11,18,30H,12H2,1-2H3,(H2,22,25,26,27). The van der Waals surface area contributed by atoms with E-state index < -0.39 is 6.04 Å². The van der Waals surface area contributed by atoms with Gasteiger partial charge < -0.3 is 15.7 Å². The molecular formula is C20H21ClN8O. The lowest BCUT2D eigenvalue weighted by atomic mass is 10.0. The number of aliphatic hydroxyl groups is 1. The van der Waals surface area contributed by atoms with Gasteiger partial charge in [-0.25, -0.2) is 4.98 Å².